The summed E-state index contributed by atoms with van der Waals surface area (Å²) in [6.45, 7) is 4.50. The minimum absolute atomic E-state index is 0.199. The van der Waals surface area contributed by atoms with E-state index in [1.807, 2.05) is 56.3 Å². The molecular formula is C17H21NO2S. The second kappa shape index (κ2) is 6.98. The van der Waals surface area contributed by atoms with Crippen LogP contribution in [0.3, 0.4) is 0 Å². The maximum Gasteiger partial charge on any atom is 0.0908 e. The third kappa shape index (κ3) is 4.00. The summed E-state index contributed by atoms with van der Waals surface area (Å²) in [5, 5.41) is 10.2. The Labute approximate surface area is 128 Å². The van der Waals surface area contributed by atoms with Gasteiger partial charge in [0.25, 0.3) is 0 Å². The van der Waals surface area contributed by atoms with Crippen LogP contribution >= 0.6 is 0 Å². The van der Waals surface area contributed by atoms with Gasteiger partial charge in [-0.3, -0.25) is 4.21 Å². The van der Waals surface area contributed by atoms with Crippen molar-refractivity contribution >= 4 is 10.8 Å². The topological polar surface area (TPSA) is 63.3 Å². The maximum atomic E-state index is 12.3. The molecule has 0 saturated heterocycles. The Kier molecular flexibility index (Phi) is 5.28. The van der Waals surface area contributed by atoms with E-state index < -0.39 is 16.9 Å². The van der Waals surface area contributed by atoms with Gasteiger partial charge < -0.3 is 10.8 Å². The van der Waals surface area contributed by atoms with Crippen molar-refractivity contribution in [3.63, 3.8) is 0 Å². The Morgan fingerprint density at radius 3 is 2.33 bits per heavy atom. The molecule has 0 aromatic heterocycles. The smallest absolute Gasteiger partial charge is 0.0908 e. The number of aliphatic hydroxyl groups is 1. The summed E-state index contributed by atoms with van der Waals surface area (Å²) in [5.74, 6) is 0.199. The summed E-state index contributed by atoms with van der Waals surface area (Å²) in [4.78, 5) is 0.760. The Morgan fingerprint density at radius 2 is 1.76 bits per heavy atom. The van der Waals surface area contributed by atoms with Gasteiger partial charge in [-0.15, -0.1) is 0 Å². The fraction of sp³-hybridized carbons (Fsp3) is 0.294. The third-order valence-electron chi connectivity index (χ3n) is 3.65. The van der Waals surface area contributed by atoms with Gasteiger partial charge >= 0.3 is 0 Å². The monoisotopic (exact) mass is 303 g/mol. The fourth-order valence-electron chi connectivity index (χ4n) is 2.07. The number of aliphatic hydroxyl groups excluding tert-OH is 1. The molecule has 2 aromatic carbocycles. The number of benzene rings is 2. The molecule has 0 aliphatic carbocycles. The van der Waals surface area contributed by atoms with E-state index in [0.717, 1.165) is 21.6 Å². The molecule has 0 amide bonds. The summed E-state index contributed by atoms with van der Waals surface area (Å²) in [7, 11) is -1.21. The van der Waals surface area contributed by atoms with E-state index >= 15 is 0 Å². The fourth-order valence-corrected chi connectivity index (χ4v) is 3.27. The molecular weight excluding hydrogens is 282 g/mol. The van der Waals surface area contributed by atoms with Gasteiger partial charge in [0.15, 0.2) is 0 Å². The Bertz CT molecular complexity index is 638. The van der Waals surface area contributed by atoms with Gasteiger partial charge in [0.2, 0.25) is 0 Å². The van der Waals surface area contributed by atoms with E-state index in [1.165, 1.54) is 5.56 Å². The lowest BCUT2D eigenvalue weighted by molar-refractivity contribution is 0.203. The molecule has 0 bridgehead atoms. The number of aryl methyl sites for hydroxylation is 2. The van der Waals surface area contributed by atoms with Crippen LogP contribution in [0.4, 0.5) is 0 Å². The summed E-state index contributed by atoms with van der Waals surface area (Å²) < 4.78 is 12.3. The first-order valence-electron chi connectivity index (χ1n) is 6.94. The molecule has 0 radical (unpaired) electrons. The van der Waals surface area contributed by atoms with Crippen molar-refractivity contribution in [1.29, 1.82) is 0 Å². The summed E-state index contributed by atoms with van der Waals surface area (Å²) in [6.07, 6.45) is -0.737. The predicted molar refractivity (Wildman–Crippen MR) is 86.5 cm³/mol. The zero-order valence-corrected chi connectivity index (χ0v) is 13.2. The second-order valence-electron chi connectivity index (χ2n) is 5.22. The van der Waals surface area contributed by atoms with Crippen LogP contribution < -0.4 is 5.73 Å². The average Bonchev–Trinajstić information content (AvgIpc) is 2.50. The standard InChI is InChI=1S/C17H21NO2S/c1-12-3-8-16(9-13(12)2)21(20)11-17(19)15-6-4-14(10-18)5-7-15/h3-9,17,19H,10-11,18H2,1-2H3. The average molecular weight is 303 g/mol. The van der Waals surface area contributed by atoms with Crippen molar-refractivity contribution in [1.82, 2.24) is 0 Å². The van der Waals surface area contributed by atoms with E-state index in [4.69, 9.17) is 5.73 Å². The van der Waals surface area contributed by atoms with Crippen molar-refractivity contribution < 1.29 is 9.32 Å². The summed E-state index contributed by atoms with van der Waals surface area (Å²) >= 11 is 0. The van der Waals surface area contributed by atoms with Crippen LogP contribution in [0.25, 0.3) is 0 Å². The van der Waals surface area contributed by atoms with Gasteiger partial charge in [-0.1, -0.05) is 30.3 Å². The summed E-state index contributed by atoms with van der Waals surface area (Å²) in [6, 6.07) is 13.2. The molecule has 21 heavy (non-hydrogen) atoms. The van der Waals surface area contributed by atoms with Crippen molar-refractivity contribution in [2.45, 2.75) is 31.4 Å². The molecule has 2 rings (SSSR count). The zero-order chi connectivity index (χ0) is 15.4. The predicted octanol–water partition coefficient (Wildman–Crippen LogP) is 2.60. The molecule has 0 heterocycles. The van der Waals surface area contributed by atoms with Crippen LogP contribution in [0.1, 0.15) is 28.4 Å². The Hall–Kier alpha value is -1.49. The van der Waals surface area contributed by atoms with Gasteiger partial charge in [0.1, 0.15) is 0 Å². The van der Waals surface area contributed by atoms with Crippen molar-refractivity contribution in [2.75, 3.05) is 5.75 Å². The molecule has 0 fully saturated rings. The van der Waals surface area contributed by atoms with E-state index in [-0.39, 0.29) is 5.75 Å². The largest absolute Gasteiger partial charge is 0.387 e. The Morgan fingerprint density at radius 1 is 1.10 bits per heavy atom. The minimum atomic E-state index is -1.21. The van der Waals surface area contributed by atoms with Crippen LogP contribution in [0.2, 0.25) is 0 Å². The molecule has 0 aliphatic heterocycles. The molecule has 0 aliphatic rings. The molecule has 2 aromatic rings. The van der Waals surface area contributed by atoms with E-state index in [1.54, 1.807) is 0 Å². The van der Waals surface area contributed by atoms with E-state index in [9.17, 15) is 9.32 Å². The number of hydrogen-bond acceptors (Lipinski definition) is 3. The maximum absolute atomic E-state index is 12.3. The van der Waals surface area contributed by atoms with Gasteiger partial charge in [0.05, 0.1) is 22.7 Å². The van der Waals surface area contributed by atoms with Gasteiger partial charge in [-0.2, -0.15) is 0 Å². The first kappa shape index (κ1) is 15.9. The van der Waals surface area contributed by atoms with Crippen LogP contribution in [-0.4, -0.2) is 15.1 Å². The third-order valence-corrected chi connectivity index (χ3v) is 5.05. The van der Waals surface area contributed by atoms with Gasteiger partial charge in [0, 0.05) is 11.4 Å². The Balaban J connectivity index is 2.08. The number of hydrogen-bond donors (Lipinski definition) is 2. The van der Waals surface area contributed by atoms with Crippen molar-refractivity contribution in [2.24, 2.45) is 5.73 Å². The van der Waals surface area contributed by atoms with Crippen LogP contribution in [0.5, 0.6) is 0 Å². The molecule has 4 heteroatoms. The van der Waals surface area contributed by atoms with Crippen molar-refractivity contribution in [3.8, 4) is 0 Å². The summed E-state index contributed by atoms with van der Waals surface area (Å²) in [5.41, 5.74) is 9.62. The molecule has 0 saturated carbocycles. The number of rotatable bonds is 5. The lowest BCUT2D eigenvalue weighted by atomic mass is 10.1. The molecule has 2 unspecified atom stereocenters. The van der Waals surface area contributed by atoms with E-state index in [0.29, 0.717) is 6.54 Å². The number of nitrogens with two attached hydrogens (primary N) is 1. The van der Waals surface area contributed by atoms with Crippen LogP contribution in [0.15, 0.2) is 47.4 Å². The molecule has 3 nitrogen and oxygen atoms in total. The van der Waals surface area contributed by atoms with Gasteiger partial charge in [-0.05, 0) is 48.2 Å². The molecule has 3 N–H and O–H groups in total. The normalized spacial score (nSPS) is 13.9. The highest BCUT2D eigenvalue weighted by Gasteiger charge is 2.14. The first-order chi connectivity index (χ1) is 10.0. The highest BCUT2D eigenvalue weighted by molar-refractivity contribution is 7.85. The minimum Gasteiger partial charge on any atom is -0.387 e. The molecule has 2 atom stereocenters. The zero-order valence-electron chi connectivity index (χ0n) is 12.4. The van der Waals surface area contributed by atoms with E-state index in [2.05, 4.69) is 0 Å². The van der Waals surface area contributed by atoms with Crippen molar-refractivity contribution in [3.05, 3.63) is 64.7 Å². The van der Waals surface area contributed by atoms with Crippen LogP contribution in [-0.2, 0) is 17.3 Å². The first-order valence-corrected chi connectivity index (χ1v) is 8.25. The quantitative estimate of drug-likeness (QED) is 0.892. The molecule has 112 valence electrons. The van der Waals surface area contributed by atoms with Crippen LogP contribution in [0, 0.1) is 13.8 Å². The molecule has 0 spiro atoms. The second-order valence-corrected chi connectivity index (χ2v) is 6.72. The lowest BCUT2D eigenvalue weighted by Gasteiger charge is -2.12. The highest BCUT2D eigenvalue weighted by atomic mass is 32.2. The SMILES string of the molecule is Cc1ccc(S(=O)CC(O)c2ccc(CN)cc2)cc1C. The van der Waals surface area contributed by atoms with Gasteiger partial charge in [-0.25, -0.2) is 0 Å². The highest BCUT2D eigenvalue weighted by Crippen LogP contribution is 2.19. The lowest BCUT2D eigenvalue weighted by Crippen LogP contribution is -2.10.